The predicted octanol–water partition coefficient (Wildman–Crippen LogP) is 5.40. The van der Waals surface area contributed by atoms with E-state index in [1.165, 1.54) is 5.56 Å². The summed E-state index contributed by atoms with van der Waals surface area (Å²) in [7, 11) is 0. The van der Waals surface area contributed by atoms with Crippen LogP contribution in [0.1, 0.15) is 67.9 Å². The molecule has 1 N–H and O–H groups in total. The maximum atomic E-state index is 12.1. The lowest BCUT2D eigenvalue weighted by Crippen LogP contribution is -2.28. The number of aryl methyl sites for hydroxylation is 1. The Morgan fingerprint density at radius 2 is 2.03 bits per heavy atom. The molecule has 2 aromatic rings. The molecule has 1 unspecified atom stereocenters. The smallest absolute Gasteiger partial charge is 0.223 e. The third-order valence-corrected chi connectivity index (χ3v) is 6.58. The largest absolute Gasteiger partial charge is 0.395 e. The summed E-state index contributed by atoms with van der Waals surface area (Å²) < 4.78 is 0. The van der Waals surface area contributed by atoms with Crippen molar-refractivity contribution in [1.82, 2.24) is 4.90 Å². The van der Waals surface area contributed by atoms with Gasteiger partial charge >= 0.3 is 0 Å². The number of carbonyl (C=O) groups excluding carboxylic acids is 1. The number of amides is 1. The van der Waals surface area contributed by atoms with Crippen molar-refractivity contribution in [3.8, 4) is 6.07 Å². The van der Waals surface area contributed by atoms with E-state index in [1.54, 1.807) is 4.90 Å². The van der Waals surface area contributed by atoms with Gasteiger partial charge in [-0.1, -0.05) is 63.7 Å². The Bertz CT molecular complexity index is 1130. The molecular weight excluding hydrogens is 434 g/mol. The third-order valence-electron chi connectivity index (χ3n) is 6.58. The Morgan fingerprint density at radius 3 is 2.71 bits per heavy atom. The zero-order valence-electron chi connectivity index (χ0n) is 21.3. The number of nitrogens with zero attached hydrogens (tertiary/aromatic N) is 3. The molecule has 0 bridgehead atoms. The third kappa shape index (κ3) is 6.90. The summed E-state index contributed by atoms with van der Waals surface area (Å²) >= 11 is 0. The second kappa shape index (κ2) is 12.5. The molecule has 1 fully saturated rings. The summed E-state index contributed by atoms with van der Waals surface area (Å²) in [4.78, 5) is 18.8. The minimum atomic E-state index is 0.00680. The molecule has 3 rings (SSSR count). The van der Waals surface area contributed by atoms with Gasteiger partial charge in [-0.15, -0.1) is 0 Å². The summed E-state index contributed by atoms with van der Waals surface area (Å²) in [6.45, 7) is 11.8. The first kappa shape index (κ1) is 26.4. The number of aliphatic imine (C=N–C) groups is 1. The van der Waals surface area contributed by atoms with Crippen molar-refractivity contribution >= 4 is 17.3 Å². The van der Waals surface area contributed by atoms with Gasteiger partial charge in [0.2, 0.25) is 5.91 Å². The van der Waals surface area contributed by atoms with Crippen LogP contribution >= 0.6 is 0 Å². The highest BCUT2D eigenvalue weighted by Gasteiger charge is 2.28. The molecule has 184 valence electrons. The fourth-order valence-corrected chi connectivity index (χ4v) is 4.85. The van der Waals surface area contributed by atoms with Crippen LogP contribution < -0.4 is 0 Å². The number of hydrogen-bond acceptors (Lipinski definition) is 4. The molecule has 35 heavy (non-hydrogen) atoms. The normalized spacial score (nSPS) is 16.1. The molecule has 0 spiro atoms. The van der Waals surface area contributed by atoms with Crippen molar-refractivity contribution in [3.63, 3.8) is 0 Å². The Balaban J connectivity index is 1.79. The molecule has 0 aromatic heterocycles. The average molecular weight is 472 g/mol. The number of β-amino-alcohol motifs (C(OH)–C–C–N with tert-alkyl or cyclic N) is 1. The summed E-state index contributed by atoms with van der Waals surface area (Å²) in [6, 6.07) is 16.6. The van der Waals surface area contributed by atoms with Gasteiger partial charge in [0.25, 0.3) is 0 Å². The Kier molecular flexibility index (Phi) is 9.39. The minimum Gasteiger partial charge on any atom is -0.395 e. The Labute approximate surface area is 209 Å². The summed E-state index contributed by atoms with van der Waals surface area (Å²) in [5.41, 5.74) is 6.42. The zero-order chi connectivity index (χ0) is 25.4. The summed E-state index contributed by atoms with van der Waals surface area (Å²) in [6.07, 6.45) is 3.93. The molecule has 5 nitrogen and oxygen atoms in total. The minimum absolute atomic E-state index is 0.00680. The van der Waals surface area contributed by atoms with Gasteiger partial charge in [-0.05, 0) is 54.7 Å². The Hall–Kier alpha value is -3.23. The zero-order valence-corrected chi connectivity index (χ0v) is 21.3. The highest BCUT2D eigenvalue weighted by molar-refractivity contribution is 6.05. The second-order valence-corrected chi connectivity index (χ2v) is 9.78. The fraction of sp³-hybridized carbons (Fsp3) is 0.433. The maximum absolute atomic E-state index is 12.1. The van der Waals surface area contributed by atoms with E-state index in [1.807, 2.05) is 30.3 Å². The maximum Gasteiger partial charge on any atom is 0.223 e. The van der Waals surface area contributed by atoms with Gasteiger partial charge in [-0.3, -0.25) is 9.79 Å². The number of nitriles is 1. The number of hydrogen-bond donors (Lipinski definition) is 1. The quantitative estimate of drug-likeness (QED) is 0.446. The molecule has 0 radical (unpaired) electrons. The predicted molar refractivity (Wildman–Crippen MR) is 142 cm³/mol. The van der Waals surface area contributed by atoms with E-state index in [-0.39, 0.29) is 12.5 Å². The van der Waals surface area contributed by atoms with Crippen LogP contribution in [0.5, 0.6) is 0 Å². The van der Waals surface area contributed by atoms with Crippen LogP contribution in [-0.4, -0.2) is 41.3 Å². The standard InChI is InChI=1S/C30H37N3O2/c1-5-29(28-13-11-23(16-21(2)3)17-26(28)19-31)32-22(4)27-9-7-6-8-25(27)12-10-24-18-30(35)33(20-24)14-15-34/h6-9,11,13,17,21,24,34H,4-5,10,12,14-16,18,20H2,1-3H3/b32-29+. The van der Waals surface area contributed by atoms with Crippen molar-refractivity contribution in [1.29, 1.82) is 5.26 Å². The molecule has 1 atom stereocenters. The van der Waals surface area contributed by atoms with E-state index in [0.29, 0.717) is 49.0 Å². The van der Waals surface area contributed by atoms with Crippen LogP contribution in [0, 0.1) is 23.2 Å². The van der Waals surface area contributed by atoms with Crippen molar-refractivity contribution in [2.45, 2.75) is 52.9 Å². The van der Waals surface area contributed by atoms with Crippen molar-refractivity contribution in [2.24, 2.45) is 16.8 Å². The highest BCUT2D eigenvalue weighted by Crippen LogP contribution is 2.27. The van der Waals surface area contributed by atoms with E-state index in [4.69, 9.17) is 10.1 Å². The monoisotopic (exact) mass is 471 g/mol. The van der Waals surface area contributed by atoms with Gasteiger partial charge in [0.1, 0.15) is 0 Å². The molecule has 0 saturated carbocycles. The van der Waals surface area contributed by atoms with E-state index < -0.39 is 0 Å². The summed E-state index contributed by atoms with van der Waals surface area (Å²) in [5.74, 6) is 0.961. The second-order valence-electron chi connectivity index (χ2n) is 9.78. The van der Waals surface area contributed by atoms with E-state index >= 15 is 0 Å². The van der Waals surface area contributed by atoms with E-state index in [0.717, 1.165) is 41.7 Å². The molecular formula is C30H37N3O2. The van der Waals surface area contributed by atoms with E-state index in [9.17, 15) is 10.1 Å². The molecule has 1 saturated heterocycles. The number of carbonyl (C=O) groups is 1. The number of aliphatic hydroxyl groups is 1. The fourth-order valence-electron chi connectivity index (χ4n) is 4.85. The van der Waals surface area contributed by atoms with Crippen LogP contribution in [-0.2, 0) is 17.6 Å². The highest BCUT2D eigenvalue weighted by atomic mass is 16.3. The topological polar surface area (TPSA) is 76.7 Å². The number of likely N-dealkylation sites (tertiary alicyclic amines) is 1. The van der Waals surface area contributed by atoms with E-state index in [2.05, 4.69) is 45.6 Å². The molecule has 1 aliphatic heterocycles. The molecule has 1 amide bonds. The first-order valence-corrected chi connectivity index (χ1v) is 12.6. The molecule has 1 aliphatic rings. The number of benzene rings is 2. The van der Waals surface area contributed by atoms with Gasteiger partial charge in [0, 0.05) is 36.3 Å². The van der Waals surface area contributed by atoms with Crippen LogP contribution in [0.15, 0.2) is 54.0 Å². The SMILES string of the molecule is C=C(/N=C(\CC)c1ccc(CC(C)C)cc1C#N)c1ccccc1CCC1CC(=O)N(CCO)C1. The number of aliphatic hydroxyl groups excluding tert-OH is 1. The van der Waals surface area contributed by atoms with Crippen LogP contribution in [0.2, 0.25) is 0 Å². The summed E-state index contributed by atoms with van der Waals surface area (Å²) in [5, 5.41) is 19.0. The lowest BCUT2D eigenvalue weighted by atomic mass is 9.94. The van der Waals surface area contributed by atoms with Crippen LogP contribution in [0.3, 0.4) is 0 Å². The lowest BCUT2D eigenvalue weighted by Gasteiger charge is -2.16. The number of rotatable bonds is 11. The average Bonchev–Trinajstić information content (AvgIpc) is 3.20. The van der Waals surface area contributed by atoms with Gasteiger partial charge < -0.3 is 10.0 Å². The van der Waals surface area contributed by atoms with Gasteiger partial charge in [-0.25, -0.2) is 0 Å². The molecule has 2 aromatic carbocycles. The van der Waals surface area contributed by atoms with Crippen molar-refractivity contribution < 1.29 is 9.90 Å². The molecule has 1 heterocycles. The lowest BCUT2D eigenvalue weighted by molar-refractivity contribution is -0.128. The van der Waals surface area contributed by atoms with Gasteiger partial charge in [0.05, 0.1) is 23.9 Å². The van der Waals surface area contributed by atoms with Crippen molar-refractivity contribution in [3.05, 3.63) is 76.9 Å². The molecule has 0 aliphatic carbocycles. The van der Waals surface area contributed by atoms with Gasteiger partial charge in [-0.2, -0.15) is 5.26 Å². The molecule has 5 heteroatoms. The Morgan fingerprint density at radius 1 is 1.26 bits per heavy atom. The first-order valence-electron chi connectivity index (χ1n) is 12.6. The van der Waals surface area contributed by atoms with Crippen LogP contribution in [0.4, 0.5) is 0 Å². The van der Waals surface area contributed by atoms with Crippen LogP contribution in [0.25, 0.3) is 5.70 Å². The van der Waals surface area contributed by atoms with Crippen molar-refractivity contribution in [2.75, 3.05) is 19.7 Å². The van der Waals surface area contributed by atoms with Gasteiger partial charge in [0.15, 0.2) is 0 Å². The first-order chi connectivity index (χ1) is 16.9.